The Morgan fingerprint density at radius 2 is 2.11 bits per heavy atom. The summed E-state index contributed by atoms with van der Waals surface area (Å²) in [6, 6.07) is 3.46. The molecule has 0 aliphatic carbocycles. The number of alkyl halides is 2. The van der Waals surface area contributed by atoms with Crippen molar-refractivity contribution in [1.29, 1.82) is 0 Å². The Kier molecular flexibility index (Phi) is 4.54. The van der Waals surface area contributed by atoms with Crippen LogP contribution in [0.25, 0.3) is 5.65 Å². The summed E-state index contributed by atoms with van der Waals surface area (Å²) in [5.41, 5.74) is 0.709. The van der Waals surface area contributed by atoms with Crippen molar-refractivity contribution in [3.63, 3.8) is 0 Å². The molecule has 1 aromatic carbocycles. The van der Waals surface area contributed by atoms with Crippen LogP contribution in [0.3, 0.4) is 0 Å². The van der Waals surface area contributed by atoms with Gasteiger partial charge in [0.05, 0.1) is 12.2 Å². The Balaban J connectivity index is 1.83. The highest BCUT2D eigenvalue weighted by atomic mass is 19.3. The molecule has 0 unspecified atom stereocenters. The summed E-state index contributed by atoms with van der Waals surface area (Å²) in [5.74, 6) is -0.570. The van der Waals surface area contributed by atoms with Crippen molar-refractivity contribution in [1.82, 2.24) is 19.9 Å². The van der Waals surface area contributed by atoms with E-state index in [-0.39, 0.29) is 17.0 Å². The molecule has 2 bridgehead atoms. The summed E-state index contributed by atoms with van der Waals surface area (Å²) in [6.07, 6.45) is -0.0155. The van der Waals surface area contributed by atoms with Gasteiger partial charge in [-0.2, -0.15) is 5.10 Å². The van der Waals surface area contributed by atoms with E-state index in [9.17, 15) is 18.0 Å². The number of benzene rings is 1. The van der Waals surface area contributed by atoms with E-state index in [0.29, 0.717) is 11.4 Å². The number of nitrogens with one attached hydrogen (secondary N) is 2. The SMILES string of the molecule is C[C@H]1Nc2ccn3ncc(c3n2)C(=O)N[C@@H](C(F)F)COc2ccc(F)cc21. The minimum atomic E-state index is -2.86. The minimum absolute atomic E-state index is 0.0600. The fourth-order valence-electron chi connectivity index (χ4n) is 3.00. The topological polar surface area (TPSA) is 80.5 Å². The molecule has 0 fully saturated rings. The van der Waals surface area contributed by atoms with Crippen LogP contribution >= 0.6 is 0 Å². The highest BCUT2D eigenvalue weighted by Gasteiger charge is 2.27. The molecule has 0 saturated heterocycles. The van der Waals surface area contributed by atoms with Crippen molar-refractivity contribution in [2.75, 3.05) is 11.9 Å². The van der Waals surface area contributed by atoms with Gasteiger partial charge < -0.3 is 15.4 Å². The Labute approximate surface area is 157 Å². The molecule has 4 rings (SSSR count). The molecule has 2 atom stereocenters. The van der Waals surface area contributed by atoms with Crippen LogP contribution in [-0.2, 0) is 0 Å². The minimum Gasteiger partial charge on any atom is -0.491 e. The van der Waals surface area contributed by atoms with E-state index in [1.54, 1.807) is 19.2 Å². The first-order valence-corrected chi connectivity index (χ1v) is 8.54. The molecule has 2 N–H and O–H groups in total. The van der Waals surface area contributed by atoms with Crippen LogP contribution in [0.1, 0.15) is 28.9 Å². The van der Waals surface area contributed by atoms with E-state index >= 15 is 0 Å². The van der Waals surface area contributed by atoms with E-state index in [0.717, 1.165) is 0 Å². The average Bonchev–Trinajstić information content (AvgIpc) is 3.08. The molecule has 10 heteroatoms. The molecular weight excluding hydrogens is 375 g/mol. The number of anilines is 1. The number of hydrogen-bond acceptors (Lipinski definition) is 5. The lowest BCUT2D eigenvalue weighted by Gasteiger charge is -2.21. The van der Waals surface area contributed by atoms with Gasteiger partial charge in [0.25, 0.3) is 12.3 Å². The zero-order valence-corrected chi connectivity index (χ0v) is 14.7. The van der Waals surface area contributed by atoms with Crippen molar-refractivity contribution in [2.24, 2.45) is 0 Å². The lowest BCUT2D eigenvalue weighted by atomic mass is 10.1. The number of carbonyl (C=O) groups excluding carboxylic acids is 1. The number of amides is 1. The maximum atomic E-state index is 13.8. The third kappa shape index (κ3) is 3.32. The second kappa shape index (κ2) is 7.02. The fraction of sp³-hybridized carbons (Fsp3) is 0.278. The molecular formula is C18H16F3N5O2. The highest BCUT2D eigenvalue weighted by molar-refractivity contribution is 6.00. The molecule has 0 radical (unpaired) electrons. The highest BCUT2D eigenvalue weighted by Crippen LogP contribution is 2.29. The van der Waals surface area contributed by atoms with Crippen molar-refractivity contribution in [2.45, 2.75) is 25.4 Å². The molecule has 0 saturated carbocycles. The molecule has 7 nitrogen and oxygen atoms in total. The van der Waals surface area contributed by atoms with Gasteiger partial charge >= 0.3 is 0 Å². The maximum Gasteiger partial charge on any atom is 0.261 e. The number of aromatic nitrogens is 3. The average molecular weight is 391 g/mol. The number of rotatable bonds is 1. The Hall–Kier alpha value is -3.30. The van der Waals surface area contributed by atoms with Crippen LogP contribution < -0.4 is 15.4 Å². The Morgan fingerprint density at radius 3 is 2.89 bits per heavy atom. The van der Waals surface area contributed by atoms with Crippen molar-refractivity contribution < 1.29 is 22.7 Å². The van der Waals surface area contributed by atoms with Gasteiger partial charge in [-0.1, -0.05) is 0 Å². The first-order valence-electron chi connectivity index (χ1n) is 8.54. The number of hydrogen-bond donors (Lipinski definition) is 2. The van der Waals surface area contributed by atoms with E-state index in [2.05, 4.69) is 20.7 Å². The van der Waals surface area contributed by atoms with Crippen LogP contribution in [-0.4, -0.2) is 39.6 Å². The Morgan fingerprint density at radius 1 is 1.29 bits per heavy atom. The molecule has 28 heavy (non-hydrogen) atoms. The summed E-state index contributed by atoms with van der Waals surface area (Å²) >= 11 is 0. The predicted molar refractivity (Wildman–Crippen MR) is 94.2 cm³/mol. The van der Waals surface area contributed by atoms with Crippen LogP contribution in [0.4, 0.5) is 19.0 Å². The number of halogens is 3. The lowest BCUT2D eigenvalue weighted by molar-refractivity contribution is 0.0600. The molecule has 2 aromatic heterocycles. The van der Waals surface area contributed by atoms with Gasteiger partial charge in [-0.05, 0) is 31.2 Å². The van der Waals surface area contributed by atoms with Crippen molar-refractivity contribution in [3.8, 4) is 5.75 Å². The first kappa shape index (κ1) is 18.1. The fourth-order valence-corrected chi connectivity index (χ4v) is 3.00. The lowest BCUT2D eigenvalue weighted by Crippen LogP contribution is -2.44. The van der Waals surface area contributed by atoms with Crippen LogP contribution in [0.15, 0.2) is 36.7 Å². The second-order valence-electron chi connectivity index (χ2n) is 6.41. The zero-order valence-electron chi connectivity index (χ0n) is 14.7. The van der Waals surface area contributed by atoms with Gasteiger partial charge in [0.1, 0.15) is 35.6 Å². The van der Waals surface area contributed by atoms with E-state index < -0.39 is 36.8 Å². The summed E-state index contributed by atoms with van der Waals surface area (Å²) < 4.78 is 47.6. The van der Waals surface area contributed by atoms with E-state index in [1.807, 2.05) is 0 Å². The zero-order chi connectivity index (χ0) is 19.8. The van der Waals surface area contributed by atoms with E-state index in [1.165, 1.54) is 28.9 Å². The summed E-state index contributed by atoms with van der Waals surface area (Å²) in [4.78, 5) is 16.9. The third-order valence-corrected chi connectivity index (χ3v) is 4.46. The van der Waals surface area contributed by atoms with Gasteiger partial charge in [0.15, 0.2) is 5.65 Å². The molecule has 3 heterocycles. The largest absolute Gasteiger partial charge is 0.491 e. The predicted octanol–water partition coefficient (Wildman–Crippen LogP) is 2.80. The Bertz CT molecular complexity index is 1040. The van der Waals surface area contributed by atoms with E-state index in [4.69, 9.17) is 4.74 Å². The van der Waals surface area contributed by atoms with Crippen LogP contribution in [0.2, 0.25) is 0 Å². The van der Waals surface area contributed by atoms with Gasteiger partial charge in [-0.3, -0.25) is 4.79 Å². The third-order valence-electron chi connectivity index (χ3n) is 4.46. The molecule has 0 spiro atoms. The molecule has 1 aliphatic rings. The molecule has 3 aromatic rings. The van der Waals surface area contributed by atoms with Gasteiger partial charge in [-0.15, -0.1) is 0 Å². The van der Waals surface area contributed by atoms with Crippen LogP contribution in [0.5, 0.6) is 5.75 Å². The molecule has 146 valence electrons. The summed E-state index contributed by atoms with van der Waals surface area (Å²) in [6.45, 7) is 1.28. The normalized spacial score (nSPS) is 19.8. The first-order chi connectivity index (χ1) is 13.4. The van der Waals surface area contributed by atoms with Gasteiger partial charge in [0.2, 0.25) is 0 Å². The standard InChI is InChI=1S/C18H16F3N5O2/c1-9-11-6-10(19)2-3-14(11)28-8-13(16(20)21)24-18(27)12-7-22-26-5-4-15(23-9)25-17(12)26/h2-7,9,13,16H,8H2,1H3,(H,23,25)(H,24,27)/t9-,13-/m1/s1. The quantitative estimate of drug-likeness (QED) is 0.667. The number of nitrogens with zero attached hydrogens (tertiary/aromatic N) is 3. The molecule has 1 amide bonds. The smallest absolute Gasteiger partial charge is 0.261 e. The number of ether oxygens (including phenoxy) is 1. The number of carbonyl (C=O) groups is 1. The van der Waals surface area contributed by atoms with Crippen molar-refractivity contribution in [3.05, 3.63) is 53.6 Å². The van der Waals surface area contributed by atoms with Gasteiger partial charge in [-0.25, -0.2) is 22.7 Å². The second-order valence-corrected chi connectivity index (χ2v) is 6.41. The number of fused-ring (bicyclic) bond motifs is 2. The summed E-state index contributed by atoms with van der Waals surface area (Å²) in [5, 5.41) is 9.39. The van der Waals surface area contributed by atoms with Gasteiger partial charge in [0, 0.05) is 11.8 Å². The van der Waals surface area contributed by atoms with Crippen LogP contribution in [0, 0.1) is 5.82 Å². The molecule has 1 aliphatic heterocycles. The maximum absolute atomic E-state index is 13.8. The van der Waals surface area contributed by atoms with Crippen molar-refractivity contribution >= 4 is 17.4 Å². The summed E-state index contributed by atoms with van der Waals surface area (Å²) in [7, 11) is 0. The monoisotopic (exact) mass is 391 g/mol.